The number of ether oxygens (including phenoxy) is 3. The molecule has 0 aliphatic carbocycles. The second kappa shape index (κ2) is 10.2. The Morgan fingerprint density at radius 1 is 1.30 bits per heavy atom. The summed E-state index contributed by atoms with van der Waals surface area (Å²) in [5, 5.41) is 0. The van der Waals surface area contributed by atoms with Gasteiger partial charge in [0.15, 0.2) is 0 Å². The summed E-state index contributed by atoms with van der Waals surface area (Å²) in [5.74, 6) is -0.823. The van der Waals surface area contributed by atoms with Gasteiger partial charge in [0.1, 0.15) is 12.7 Å². The molecular weight excluding hydrogens is 260 g/mol. The average molecular weight is 284 g/mol. The highest BCUT2D eigenvalue weighted by Crippen LogP contribution is 2.09. The maximum Gasteiger partial charge on any atom is 0.333 e. The molecule has 0 aromatic rings. The number of hydrogen-bond acceptors (Lipinski definition) is 5. The highest BCUT2D eigenvalue weighted by molar-refractivity contribution is 5.86. The van der Waals surface area contributed by atoms with Gasteiger partial charge in [-0.25, -0.2) is 9.59 Å². The number of allylic oxidation sites excluding steroid dienone is 1. The molecule has 0 aromatic carbocycles. The van der Waals surface area contributed by atoms with Crippen LogP contribution in [0.3, 0.4) is 0 Å². The van der Waals surface area contributed by atoms with Gasteiger partial charge in [-0.2, -0.15) is 0 Å². The number of rotatable bonds is 9. The average Bonchev–Trinajstić information content (AvgIpc) is 2.40. The van der Waals surface area contributed by atoms with Crippen molar-refractivity contribution < 1.29 is 23.8 Å². The number of carbonyl (C=O) groups excluding carboxylic acids is 2. The summed E-state index contributed by atoms with van der Waals surface area (Å²) >= 11 is 0. The van der Waals surface area contributed by atoms with Crippen LogP contribution in [0.2, 0.25) is 0 Å². The van der Waals surface area contributed by atoms with Crippen LogP contribution in [-0.2, 0) is 23.8 Å². The highest BCUT2D eigenvalue weighted by Gasteiger charge is 2.19. The van der Waals surface area contributed by atoms with Gasteiger partial charge in [0, 0.05) is 11.6 Å². The standard InChI is InChI=1S/C15H24O5/c1-6-8-14(16)20-13(7-2)12(5)18-9-10-19-15(17)11(3)4/h6,8,12-13H,3,7,9-10H2,1-2,4-5H3. The summed E-state index contributed by atoms with van der Waals surface area (Å²) in [5.41, 5.74) is 0.352. The van der Waals surface area contributed by atoms with Crippen LogP contribution >= 0.6 is 0 Å². The first-order chi connectivity index (χ1) is 9.42. The molecule has 0 spiro atoms. The van der Waals surface area contributed by atoms with Crippen molar-refractivity contribution in [3.05, 3.63) is 24.3 Å². The van der Waals surface area contributed by atoms with E-state index in [1.807, 2.05) is 13.8 Å². The zero-order chi connectivity index (χ0) is 15.5. The minimum absolute atomic E-state index is 0.148. The molecule has 0 aliphatic heterocycles. The SMILES string of the molecule is C=C(C)C(=O)OCCOC(C)C(CC)OC(=O)C=CC. The number of esters is 2. The van der Waals surface area contributed by atoms with Crippen molar-refractivity contribution >= 4 is 11.9 Å². The lowest BCUT2D eigenvalue weighted by Gasteiger charge is -2.22. The number of carbonyl (C=O) groups is 2. The van der Waals surface area contributed by atoms with Crippen molar-refractivity contribution in [1.29, 1.82) is 0 Å². The molecule has 0 radical (unpaired) electrons. The van der Waals surface area contributed by atoms with Gasteiger partial charge in [0.05, 0.1) is 12.7 Å². The van der Waals surface area contributed by atoms with Crippen molar-refractivity contribution in [3.63, 3.8) is 0 Å². The smallest absolute Gasteiger partial charge is 0.333 e. The normalized spacial score (nSPS) is 13.8. The van der Waals surface area contributed by atoms with Crippen LogP contribution in [0.5, 0.6) is 0 Å². The first-order valence-electron chi connectivity index (χ1n) is 6.69. The van der Waals surface area contributed by atoms with E-state index in [4.69, 9.17) is 14.2 Å². The second-order valence-electron chi connectivity index (χ2n) is 4.38. The van der Waals surface area contributed by atoms with E-state index in [9.17, 15) is 9.59 Å². The van der Waals surface area contributed by atoms with Gasteiger partial charge in [0.25, 0.3) is 0 Å². The van der Waals surface area contributed by atoms with Crippen molar-refractivity contribution in [1.82, 2.24) is 0 Å². The van der Waals surface area contributed by atoms with Crippen molar-refractivity contribution in [2.24, 2.45) is 0 Å². The molecule has 2 unspecified atom stereocenters. The van der Waals surface area contributed by atoms with E-state index >= 15 is 0 Å². The molecular formula is C15H24O5. The number of hydrogen-bond donors (Lipinski definition) is 0. The Balaban J connectivity index is 4.04. The van der Waals surface area contributed by atoms with Gasteiger partial charge >= 0.3 is 11.9 Å². The zero-order valence-corrected chi connectivity index (χ0v) is 12.7. The predicted molar refractivity (Wildman–Crippen MR) is 76.2 cm³/mol. The van der Waals surface area contributed by atoms with E-state index in [0.29, 0.717) is 12.0 Å². The molecule has 0 saturated carbocycles. The second-order valence-corrected chi connectivity index (χ2v) is 4.38. The highest BCUT2D eigenvalue weighted by atomic mass is 16.6. The fourth-order valence-electron chi connectivity index (χ4n) is 1.43. The van der Waals surface area contributed by atoms with Crippen LogP contribution in [0.15, 0.2) is 24.3 Å². The molecule has 2 atom stereocenters. The maximum absolute atomic E-state index is 11.4. The van der Waals surface area contributed by atoms with Crippen LogP contribution < -0.4 is 0 Å². The third-order valence-electron chi connectivity index (χ3n) is 2.54. The summed E-state index contributed by atoms with van der Waals surface area (Å²) < 4.78 is 15.6. The van der Waals surface area contributed by atoms with Gasteiger partial charge in [-0.05, 0) is 27.2 Å². The predicted octanol–water partition coefficient (Wildman–Crippen LogP) is 2.41. The Kier molecular flexibility index (Phi) is 9.38. The first-order valence-corrected chi connectivity index (χ1v) is 6.69. The fourth-order valence-corrected chi connectivity index (χ4v) is 1.43. The summed E-state index contributed by atoms with van der Waals surface area (Å²) in [6.07, 6.45) is 3.05. The summed E-state index contributed by atoms with van der Waals surface area (Å²) in [4.78, 5) is 22.5. The topological polar surface area (TPSA) is 61.8 Å². The zero-order valence-electron chi connectivity index (χ0n) is 12.7. The molecule has 0 aromatic heterocycles. The molecule has 0 amide bonds. The van der Waals surface area contributed by atoms with E-state index < -0.39 is 5.97 Å². The minimum Gasteiger partial charge on any atom is -0.460 e. The maximum atomic E-state index is 11.4. The Bertz CT molecular complexity index is 359. The van der Waals surface area contributed by atoms with Crippen LogP contribution in [0, 0.1) is 0 Å². The van der Waals surface area contributed by atoms with Crippen LogP contribution in [0.4, 0.5) is 0 Å². The van der Waals surface area contributed by atoms with Crippen molar-refractivity contribution in [2.75, 3.05) is 13.2 Å². The molecule has 0 N–H and O–H groups in total. The lowest BCUT2D eigenvalue weighted by Crippen LogP contribution is -2.31. The van der Waals surface area contributed by atoms with Crippen molar-refractivity contribution in [3.8, 4) is 0 Å². The molecule has 20 heavy (non-hydrogen) atoms. The monoisotopic (exact) mass is 284 g/mol. The lowest BCUT2D eigenvalue weighted by atomic mass is 10.2. The van der Waals surface area contributed by atoms with Crippen LogP contribution in [0.25, 0.3) is 0 Å². The third-order valence-corrected chi connectivity index (χ3v) is 2.54. The summed E-state index contributed by atoms with van der Waals surface area (Å²) in [6, 6.07) is 0. The molecule has 0 aliphatic rings. The van der Waals surface area contributed by atoms with E-state index in [1.165, 1.54) is 6.08 Å². The molecule has 0 saturated heterocycles. The van der Waals surface area contributed by atoms with Crippen LogP contribution in [-0.4, -0.2) is 37.4 Å². The minimum atomic E-state index is -0.437. The Hall–Kier alpha value is -1.62. The van der Waals surface area contributed by atoms with Gasteiger partial charge in [-0.3, -0.25) is 0 Å². The molecule has 5 nitrogen and oxygen atoms in total. The van der Waals surface area contributed by atoms with Crippen LogP contribution in [0.1, 0.15) is 34.1 Å². The molecule has 0 heterocycles. The van der Waals surface area contributed by atoms with E-state index in [2.05, 4.69) is 6.58 Å². The van der Waals surface area contributed by atoms with E-state index in [0.717, 1.165) is 0 Å². The largest absolute Gasteiger partial charge is 0.460 e. The van der Waals surface area contributed by atoms with Gasteiger partial charge in [-0.15, -0.1) is 0 Å². The molecule has 0 rings (SSSR count). The molecule has 5 heteroatoms. The van der Waals surface area contributed by atoms with Gasteiger partial charge in [-0.1, -0.05) is 19.6 Å². The van der Waals surface area contributed by atoms with Crippen molar-refractivity contribution in [2.45, 2.75) is 46.3 Å². The summed E-state index contributed by atoms with van der Waals surface area (Å²) in [7, 11) is 0. The third kappa shape index (κ3) is 7.74. The van der Waals surface area contributed by atoms with Gasteiger partial charge < -0.3 is 14.2 Å². The Morgan fingerprint density at radius 2 is 1.95 bits per heavy atom. The van der Waals surface area contributed by atoms with E-state index in [1.54, 1.807) is 19.9 Å². The molecule has 114 valence electrons. The quantitative estimate of drug-likeness (QED) is 0.369. The van der Waals surface area contributed by atoms with E-state index in [-0.39, 0.29) is 31.4 Å². The lowest BCUT2D eigenvalue weighted by molar-refractivity contribution is -0.152. The molecule has 0 fully saturated rings. The fraction of sp³-hybridized carbons (Fsp3) is 0.600. The Labute approximate surface area is 120 Å². The molecule has 0 bridgehead atoms. The summed E-state index contributed by atoms with van der Waals surface area (Å²) in [6.45, 7) is 10.9. The Morgan fingerprint density at radius 3 is 2.45 bits per heavy atom. The first kappa shape index (κ1) is 18.4. The van der Waals surface area contributed by atoms with Gasteiger partial charge in [0.2, 0.25) is 0 Å².